The molecule has 1 saturated heterocycles. The molecule has 1 unspecified atom stereocenters. The quantitative estimate of drug-likeness (QED) is 0.633. The number of carbonyl (C=O) groups is 1. The smallest absolute Gasteiger partial charge is 0.335 e. The lowest BCUT2D eigenvalue weighted by molar-refractivity contribution is -0.00149. The summed E-state index contributed by atoms with van der Waals surface area (Å²) < 4.78 is 12.6. The highest BCUT2D eigenvalue weighted by Crippen LogP contribution is 2.25. The maximum Gasteiger partial charge on any atom is 0.335 e. The molecule has 1 fully saturated rings. The second-order valence-electron chi connectivity index (χ2n) is 7.41. The van der Waals surface area contributed by atoms with Gasteiger partial charge in [0.05, 0.1) is 34.3 Å². The molecule has 160 valence electrons. The fourth-order valence-corrected chi connectivity index (χ4v) is 4.82. The Morgan fingerprint density at radius 1 is 1.10 bits per heavy atom. The van der Waals surface area contributed by atoms with Gasteiger partial charge in [-0.2, -0.15) is 0 Å². The van der Waals surface area contributed by atoms with Crippen LogP contribution in [-0.2, 0) is 17.2 Å². The van der Waals surface area contributed by atoms with Gasteiger partial charge in [-0.15, -0.1) is 12.4 Å². The minimum atomic E-state index is -1.38. The molecule has 0 aliphatic carbocycles. The van der Waals surface area contributed by atoms with E-state index in [9.17, 15) is 14.1 Å². The van der Waals surface area contributed by atoms with E-state index in [1.54, 1.807) is 12.1 Å². The van der Waals surface area contributed by atoms with Crippen molar-refractivity contribution in [3.05, 3.63) is 71.1 Å². The lowest BCUT2D eigenvalue weighted by Crippen LogP contribution is -2.47. The summed E-state index contributed by atoms with van der Waals surface area (Å²) in [7, 11) is -1.38. The van der Waals surface area contributed by atoms with Crippen LogP contribution in [0.15, 0.2) is 53.4 Å². The van der Waals surface area contributed by atoms with Crippen molar-refractivity contribution in [2.24, 2.45) is 0 Å². The van der Waals surface area contributed by atoms with E-state index >= 15 is 0 Å². The minimum absolute atomic E-state index is 0. The topological polar surface area (TPSA) is 82.2 Å². The third kappa shape index (κ3) is 6.38. The molecule has 0 bridgehead atoms. The summed E-state index contributed by atoms with van der Waals surface area (Å²) >= 11 is 0. The molecule has 0 aromatic heterocycles. The van der Waals surface area contributed by atoms with Gasteiger partial charge >= 0.3 is 5.97 Å². The molecule has 3 rings (SSSR count). The minimum Gasteiger partial charge on any atom is -0.478 e. The highest BCUT2D eigenvalue weighted by Gasteiger charge is 2.34. The Hall–Kier alpha value is -2.24. The summed E-state index contributed by atoms with van der Waals surface area (Å²) in [4.78, 5) is 17.1. The summed E-state index contributed by atoms with van der Waals surface area (Å²) in [5.74, 6) is -0.860. The molecule has 0 radical (unpaired) electrons. The Morgan fingerprint density at radius 2 is 1.70 bits per heavy atom. The molecule has 0 spiro atoms. The molecule has 2 aromatic carbocycles. The largest absolute Gasteiger partial charge is 0.478 e. The van der Waals surface area contributed by atoms with Crippen LogP contribution in [0.2, 0.25) is 0 Å². The van der Waals surface area contributed by atoms with Gasteiger partial charge in [0, 0.05) is 24.5 Å². The van der Waals surface area contributed by atoms with Crippen molar-refractivity contribution >= 4 is 34.9 Å². The first-order valence-electron chi connectivity index (χ1n) is 9.51. The van der Waals surface area contributed by atoms with E-state index in [-0.39, 0.29) is 23.7 Å². The van der Waals surface area contributed by atoms with Crippen molar-refractivity contribution in [1.82, 2.24) is 4.90 Å². The molecule has 2 aromatic rings. The Balaban J connectivity index is 0.00000320. The van der Waals surface area contributed by atoms with E-state index in [4.69, 9.17) is 11.7 Å². The van der Waals surface area contributed by atoms with E-state index in [2.05, 4.69) is 9.74 Å². The van der Waals surface area contributed by atoms with Crippen LogP contribution in [0.3, 0.4) is 0 Å². The number of rotatable bonds is 7. The van der Waals surface area contributed by atoms with Crippen molar-refractivity contribution in [2.75, 3.05) is 25.4 Å². The van der Waals surface area contributed by atoms with E-state index < -0.39 is 22.4 Å². The standard InChI is InChI=1S/C22H24N2O4S.ClH/c1-23-19-6-2-17(3-7-19)10-13-24-14-11-22(27,12-15-24)16-29(28)20-8-4-18(5-9-20)21(25)26;/h2-9,27H,10-16H2,(H,25,26);1H. The number of carboxylic acid groups (broad SMARTS) is 1. The number of benzene rings is 2. The second-order valence-corrected chi connectivity index (χ2v) is 8.86. The fourth-order valence-electron chi connectivity index (χ4n) is 3.44. The van der Waals surface area contributed by atoms with Crippen molar-refractivity contribution in [1.29, 1.82) is 0 Å². The van der Waals surface area contributed by atoms with Crippen LogP contribution in [-0.4, -0.2) is 56.3 Å². The molecule has 2 N–H and O–H groups in total. The zero-order chi connectivity index (χ0) is 20.9. The summed E-state index contributed by atoms with van der Waals surface area (Å²) in [6.07, 6.45) is 2.00. The van der Waals surface area contributed by atoms with Gasteiger partial charge in [-0.3, -0.25) is 4.21 Å². The first-order valence-corrected chi connectivity index (χ1v) is 10.8. The SMILES string of the molecule is Cl.[C-]#[N+]c1ccc(CCN2CCC(O)(CS(=O)c3ccc(C(=O)O)cc3)CC2)cc1. The zero-order valence-electron chi connectivity index (χ0n) is 16.5. The maximum atomic E-state index is 12.6. The molecule has 6 nitrogen and oxygen atoms in total. The van der Waals surface area contributed by atoms with Crippen LogP contribution in [0.25, 0.3) is 4.85 Å². The highest BCUT2D eigenvalue weighted by atomic mass is 35.5. The average Bonchev–Trinajstić information content (AvgIpc) is 2.73. The van der Waals surface area contributed by atoms with E-state index in [0.717, 1.165) is 26.1 Å². The Labute approximate surface area is 185 Å². The van der Waals surface area contributed by atoms with Crippen LogP contribution in [0.5, 0.6) is 0 Å². The summed E-state index contributed by atoms with van der Waals surface area (Å²) in [6, 6.07) is 13.6. The molecule has 1 aliphatic heterocycles. The van der Waals surface area contributed by atoms with Gasteiger partial charge in [-0.25, -0.2) is 9.64 Å². The molecule has 1 heterocycles. The van der Waals surface area contributed by atoms with E-state index in [1.807, 2.05) is 24.3 Å². The van der Waals surface area contributed by atoms with Gasteiger partial charge in [0.2, 0.25) is 0 Å². The van der Waals surface area contributed by atoms with Crippen molar-refractivity contribution in [3.63, 3.8) is 0 Å². The van der Waals surface area contributed by atoms with E-state index in [0.29, 0.717) is 23.4 Å². The van der Waals surface area contributed by atoms with Gasteiger partial charge in [-0.05, 0) is 49.1 Å². The molecule has 1 aliphatic rings. The van der Waals surface area contributed by atoms with Crippen LogP contribution in [0.4, 0.5) is 5.69 Å². The number of aromatic carboxylic acids is 1. The molecule has 30 heavy (non-hydrogen) atoms. The number of nitrogens with zero attached hydrogens (tertiary/aromatic N) is 2. The Bertz CT molecular complexity index is 918. The second kappa shape index (κ2) is 10.7. The van der Waals surface area contributed by atoms with Crippen LogP contribution in [0, 0.1) is 6.57 Å². The molecular formula is C22H25ClN2O4S. The van der Waals surface area contributed by atoms with Crippen molar-refractivity contribution in [2.45, 2.75) is 29.8 Å². The predicted octanol–water partition coefficient (Wildman–Crippen LogP) is 3.53. The van der Waals surface area contributed by atoms with Gasteiger partial charge < -0.3 is 15.1 Å². The van der Waals surface area contributed by atoms with Gasteiger partial charge in [0.15, 0.2) is 5.69 Å². The summed E-state index contributed by atoms with van der Waals surface area (Å²) in [6.45, 7) is 9.36. The Morgan fingerprint density at radius 3 is 2.23 bits per heavy atom. The van der Waals surface area contributed by atoms with Crippen LogP contribution in [0.1, 0.15) is 28.8 Å². The number of piperidine rings is 1. The van der Waals surface area contributed by atoms with Gasteiger partial charge in [-0.1, -0.05) is 24.3 Å². The normalized spacial score (nSPS) is 16.8. The molecular weight excluding hydrogens is 424 g/mol. The zero-order valence-corrected chi connectivity index (χ0v) is 18.1. The molecule has 0 saturated carbocycles. The number of likely N-dealkylation sites (tertiary alicyclic amines) is 1. The predicted molar refractivity (Wildman–Crippen MR) is 119 cm³/mol. The molecule has 8 heteroatoms. The van der Waals surface area contributed by atoms with Crippen LogP contribution >= 0.6 is 12.4 Å². The first-order chi connectivity index (χ1) is 13.9. The molecule has 1 atom stereocenters. The van der Waals surface area contributed by atoms with E-state index in [1.165, 1.54) is 17.7 Å². The number of hydrogen-bond donors (Lipinski definition) is 2. The van der Waals surface area contributed by atoms with Gasteiger partial charge in [0.25, 0.3) is 0 Å². The third-order valence-corrected chi connectivity index (χ3v) is 6.93. The fraction of sp³-hybridized carbons (Fsp3) is 0.364. The first kappa shape index (κ1) is 24.0. The number of carboxylic acids is 1. The summed E-state index contributed by atoms with van der Waals surface area (Å²) in [5.41, 5.74) is 1.01. The van der Waals surface area contributed by atoms with Crippen molar-refractivity contribution < 1.29 is 19.2 Å². The third-order valence-electron chi connectivity index (χ3n) is 5.33. The Kier molecular flexibility index (Phi) is 8.56. The number of hydrogen-bond acceptors (Lipinski definition) is 4. The van der Waals surface area contributed by atoms with Crippen LogP contribution < -0.4 is 0 Å². The number of aliphatic hydroxyl groups is 1. The average molecular weight is 449 g/mol. The summed E-state index contributed by atoms with van der Waals surface area (Å²) in [5, 5.41) is 19.8. The van der Waals surface area contributed by atoms with Gasteiger partial charge in [0.1, 0.15) is 0 Å². The lowest BCUT2D eigenvalue weighted by atomic mass is 9.93. The molecule has 0 amide bonds. The maximum absolute atomic E-state index is 12.6. The number of halogens is 1. The van der Waals surface area contributed by atoms with Crippen molar-refractivity contribution in [3.8, 4) is 0 Å². The highest BCUT2D eigenvalue weighted by molar-refractivity contribution is 7.85. The lowest BCUT2D eigenvalue weighted by Gasteiger charge is -2.38. The monoisotopic (exact) mass is 448 g/mol.